The number of hydrogen-bond acceptors (Lipinski definition) is 5. The van der Waals surface area contributed by atoms with Crippen LogP contribution in [0.3, 0.4) is 0 Å². The third kappa shape index (κ3) is 3.02. The Kier molecular flexibility index (Phi) is 3.79. The zero-order valence-electron chi connectivity index (χ0n) is 14.2. The van der Waals surface area contributed by atoms with Gasteiger partial charge in [0.15, 0.2) is 16.5 Å². The molecule has 1 atom stereocenters. The SMILES string of the molecule is O=C(Nc1ccc(-c2cn3ccsc3n2)cc1)[C@H]1COc2ccccc2O1. The maximum Gasteiger partial charge on any atom is 0.269 e. The summed E-state index contributed by atoms with van der Waals surface area (Å²) in [5.41, 5.74) is 2.60. The predicted molar refractivity (Wildman–Crippen MR) is 103 cm³/mol. The van der Waals surface area contributed by atoms with Crippen molar-refractivity contribution in [2.45, 2.75) is 6.10 Å². The van der Waals surface area contributed by atoms with E-state index in [9.17, 15) is 4.79 Å². The number of anilines is 1. The van der Waals surface area contributed by atoms with E-state index in [4.69, 9.17) is 9.47 Å². The summed E-state index contributed by atoms with van der Waals surface area (Å²) in [5.74, 6) is 1.00. The highest BCUT2D eigenvalue weighted by molar-refractivity contribution is 7.15. The summed E-state index contributed by atoms with van der Waals surface area (Å²) in [7, 11) is 0. The average Bonchev–Trinajstić information content (AvgIpc) is 3.30. The lowest BCUT2D eigenvalue weighted by Crippen LogP contribution is -2.40. The molecule has 0 unspecified atom stereocenters. The molecule has 2 aromatic carbocycles. The van der Waals surface area contributed by atoms with Gasteiger partial charge in [0.05, 0.1) is 5.69 Å². The van der Waals surface area contributed by atoms with Gasteiger partial charge >= 0.3 is 0 Å². The number of nitrogens with zero attached hydrogens (tertiary/aromatic N) is 2. The number of imidazole rings is 1. The number of para-hydroxylation sites is 2. The minimum atomic E-state index is -0.681. The number of carbonyl (C=O) groups excluding carboxylic acids is 1. The number of nitrogens with one attached hydrogen (secondary N) is 1. The summed E-state index contributed by atoms with van der Waals surface area (Å²) in [6.45, 7) is 0.187. The first-order valence-electron chi connectivity index (χ1n) is 8.48. The molecule has 0 bridgehead atoms. The zero-order valence-corrected chi connectivity index (χ0v) is 15.0. The predicted octanol–water partition coefficient (Wildman–Crippen LogP) is 3.84. The molecular weight excluding hydrogens is 362 g/mol. The van der Waals surface area contributed by atoms with Gasteiger partial charge in [-0.25, -0.2) is 4.98 Å². The van der Waals surface area contributed by atoms with E-state index in [2.05, 4.69) is 10.3 Å². The van der Waals surface area contributed by atoms with Crippen molar-refractivity contribution < 1.29 is 14.3 Å². The standard InChI is InChI=1S/C20H15N3O3S/c24-19(18-12-25-16-3-1-2-4-17(16)26-18)21-14-7-5-13(6-8-14)15-11-23-9-10-27-20(23)22-15/h1-11,18H,12H2,(H,21,24)/t18-/m1/s1. The Morgan fingerprint density at radius 1 is 1.15 bits per heavy atom. The molecule has 134 valence electrons. The van der Waals surface area contributed by atoms with Gasteiger partial charge in [0.25, 0.3) is 5.91 Å². The van der Waals surface area contributed by atoms with Gasteiger partial charge in [-0.1, -0.05) is 24.3 Å². The first-order valence-corrected chi connectivity index (χ1v) is 9.36. The second-order valence-corrected chi connectivity index (χ2v) is 7.02. The third-order valence-corrected chi connectivity index (χ3v) is 5.11. The van der Waals surface area contributed by atoms with Gasteiger partial charge < -0.3 is 14.8 Å². The number of carbonyl (C=O) groups is 1. The van der Waals surface area contributed by atoms with E-state index in [-0.39, 0.29) is 12.5 Å². The van der Waals surface area contributed by atoms with Crippen LogP contribution in [0.5, 0.6) is 11.5 Å². The van der Waals surface area contributed by atoms with Crippen LogP contribution in [0, 0.1) is 0 Å². The molecule has 1 aliphatic rings. The van der Waals surface area contributed by atoms with Gasteiger partial charge in [0.1, 0.15) is 6.61 Å². The molecule has 5 rings (SSSR count). The monoisotopic (exact) mass is 377 g/mol. The largest absolute Gasteiger partial charge is 0.485 e. The van der Waals surface area contributed by atoms with Crippen LogP contribution in [0.4, 0.5) is 5.69 Å². The normalized spacial score (nSPS) is 15.6. The molecule has 6 nitrogen and oxygen atoms in total. The molecule has 3 heterocycles. The fraction of sp³-hybridized carbons (Fsp3) is 0.100. The minimum Gasteiger partial charge on any atom is -0.485 e. The Morgan fingerprint density at radius 2 is 1.96 bits per heavy atom. The molecule has 0 spiro atoms. The molecule has 0 saturated carbocycles. The van der Waals surface area contributed by atoms with Gasteiger partial charge in [-0.05, 0) is 24.3 Å². The summed E-state index contributed by atoms with van der Waals surface area (Å²) >= 11 is 1.59. The molecular formula is C20H15N3O3S. The van der Waals surface area contributed by atoms with Gasteiger partial charge in [0.2, 0.25) is 6.10 Å². The highest BCUT2D eigenvalue weighted by Crippen LogP contribution is 2.31. The first-order chi connectivity index (χ1) is 13.3. The van der Waals surface area contributed by atoms with Crippen molar-refractivity contribution in [3.05, 3.63) is 66.3 Å². The van der Waals surface area contributed by atoms with Gasteiger partial charge in [0, 0.05) is 29.0 Å². The molecule has 2 aromatic heterocycles. The maximum absolute atomic E-state index is 12.5. The van der Waals surface area contributed by atoms with Crippen molar-refractivity contribution in [2.75, 3.05) is 11.9 Å². The Bertz CT molecular complexity index is 1090. The van der Waals surface area contributed by atoms with E-state index in [1.54, 1.807) is 17.4 Å². The summed E-state index contributed by atoms with van der Waals surface area (Å²) in [6.07, 6.45) is 3.29. The van der Waals surface area contributed by atoms with Crippen LogP contribution in [-0.4, -0.2) is 28.0 Å². The van der Waals surface area contributed by atoms with E-state index in [1.807, 2.05) is 64.6 Å². The van der Waals surface area contributed by atoms with Crippen LogP contribution in [0.15, 0.2) is 66.3 Å². The fourth-order valence-electron chi connectivity index (χ4n) is 2.96. The molecule has 7 heteroatoms. The summed E-state index contributed by atoms with van der Waals surface area (Å²) in [4.78, 5) is 18.0. The number of fused-ring (bicyclic) bond motifs is 2. The first kappa shape index (κ1) is 15.9. The van der Waals surface area contributed by atoms with Crippen LogP contribution in [-0.2, 0) is 4.79 Å². The Labute approximate surface area is 159 Å². The topological polar surface area (TPSA) is 64.9 Å². The smallest absolute Gasteiger partial charge is 0.269 e. The van der Waals surface area contributed by atoms with Crippen molar-refractivity contribution in [3.63, 3.8) is 0 Å². The van der Waals surface area contributed by atoms with E-state index >= 15 is 0 Å². The van der Waals surface area contributed by atoms with E-state index in [1.165, 1.54) is 0 Å². The highest BCUT2D eigenvalue weighted by Gasteiger charge is 2.27. The molecule has 4 aromatic rings. The summed E-state index contributed by atoms with van der Waals surface area (Å²) in [6, 6.07) is 14.9. The Balaban J connectivity index is 1.28. The van der Waals surface area contributed by atoms with Gasteiger partial charge in [-0.15, -0.1) is 11.3 Å². The van der Waals surface area contributed by atoms with Crippen LogP contribution < -0.4 is 14.8 Å². The Morgan fingerprint density at radius 3 is 2.78 bits per heavy atom. The zero-order chi connectivity index (χ0) is 18.2. The molecule has 0 fully saturated rings. The van der Waals surface area contributed by atoms with Crippen LogP contribution >= 0.6 is 11.3 Å². The van der Waals surface area contributed by atoms with Crippen molar-refractivity contribution in [1.29, 1.82) is 0 Å². The van der Waals surface area contributed by atoms with Gasteiger partial charge in [-0.2, -0.15) is 0 Å². The summed E-state index contributed by atoms with van der Waals surface area (Å²) in [5, 5.41) is 4.88. The fourth-order valence-corrected chi connectivity index (χ4v) is 3.66. The summed E-state index contributed by atoms with van der Waals surface area (Å²) < 4.78 is 13.3. The average molecular weight is 377 g/mol. The second-order valence-electron chi connectivity index (χ2n) is 6.15. The van der Waals surface area contributed by atoms with Crippen molar-refractivity contribution in [2.24, 2.45) is 0 Å². The van der Waals surface area contributed by atoms with E-state index < -0.39 is 6.10 Å². The number of rotatable bonds is 3. The number of ether oxygens (including phenoxy) is 2. The number of thiazole rings is 1. The lowest BCUT2D eigenvalue weighted by Gasteiger charge is -2.25. The maximum atomic E-state index is 12.5. The molecule has 1 N–H and O–H groups in total. The molecule has 27 heavy (non-hydrogen) atoms. The molecule has 0 radical (unpaired) electrons. The van der Waals surface area contributed by atoms with Crippen LogP contribution in [0.2, 0.25) is 0 Å². The molecule has 0 aliphatic carbocycles. The van der Waals surface area contributed by atoms with E-state index in [0.717, 1.165) is 16.2 Å². The quantitative estimate of drug-likeness (QED) is 0.589. The van der Waals surface area contributed by atoms with Crippen LogP contribution in [0.25, 0.3) is 16.2 Å². The minimum absolute atomic E-state index is 0.187. The molecule has 1 amide bonds. The van der Waals surface area contributed by atoms with Crippen molar-refractivity contribution >= 4 is 27.9 Å². The van der Waals surface area contributed by atoms with E-state index in [0.29, 0.717) is 17.2 Å². The third-order valence-electron chi connectivity index (χ3n) is 4.34. The number of benzene rings is 2. The lowest BCUT2D eigenvalue weighted by molar-refractivity contribution is -0.125. The Hall–Kier alpha value is -3.32. The van der Waals surface area contributed by atoms with Crippen molar-refractivity contribution in [3.8, 4) is 22.8 Å². The number of hydrogen-bond donors (Lipinski definition) is 1. The lowest BCUT2D eigenvalue weighted by atomic mass is 10.1. The highest BCUT2D eigenvalue weighted by atomic mass is 32.1. The molecule has 1 aliphatic heterocycles. The van der Waals surface area contributed by atoms with Crippen LogP contribution in [0.1, 0.15) is 0 Å². The second kappa shape index (κ2) is 6.44. The van der Waals surface area contributed by atoms with Gasteiger partial charge in [-0.3, -0.25) is 9.20 Å². The molecule has 0 saturated heterocycles. The number of aromatic nitrogens is 2. The van der Waals surface area contributed by atoms with Crippen molar-refractivity contribution in [1.82, 2.24) is 9.38 Å². The number of amides is 1.